The Hall–Kier alpha value is -1.64. The van der Waals surface area contributed by atoms with E-state index in [0.717, 1.165) is 11.8 Å². The van der Waals surface area contributed by atoms with E-state index in [9.17, 15) is 0 Å². The van der Waals surface area contributed by atoms with Gasteiger partial charge in [-0.2, -0.15) is 0 Å². The number of fused-ring (bicyclic) bond motifs is 3. The van der Waals surface area contributed by atoms with Gasteiger partial charge < -0.3 is 9.80 Å². The number of hydrogen-bond acceptors (Lipinski definition) is 2. The lowest BCUT2D eigenvalue weighted by Crippen LogP contribution is -2.41. The highest BCUT2D eigenvalue weighted by molar-refractivity contribution is 5.46. The number of rotatable bonds is 5. The van der Waals surface area contributed by atoms with E-state index in [-0.39, 0.29) is 0 Å². The van der Waals surface area contributed by atoms with Crippen LogP contribution >= 0.6 is 0 Å². The standard InChI is InChI=1S/C26H34N2/c1-3-10-21(11-4-1)26-24-13-6-5-12-22(24)23-14-19-28(20-25(23)26)18-9-17-27-15-7-2-8-16-27/h1,3-6,10-13,23,25-26H,2,7-9,14-20H2/t23-,25-,26+/m0/s1. The maximum Gasteiger partial charge on any atom is 0.0138 e. The zero-order valence-corrected chi connectivity index (χ0v) is 17.1. The lowest BCUT2D eigenvalue weighted by atomic mass is 9.79. The van der Waals surface area contributed by atoms with Crippen LogP contribution in [0, 0.1) is 5.92 Å². The molecule has 0 spiro atoms. The van der Waals surface area contributed by atoms with Crippen molar-refractivity contribution < 1.29 is 0 Å². The van der Waals surface area contributed by atoms with Gasteiger partial charge in [0.2, 0.25) is 0 Å². The highest BCUT2D eigenvalue weighted by Gasteiger charge is 2.43. The van der Waals surface area contributed by atoms with Crippen LogP contribution in [0.5, 0.6) is 0 Å². The molecule has 2 heteroatoms. The van der Waals surface area contributed by atoms with E-state index in [1.54, 1.807) is 11.1 Å². The maximum absolute atomic E-state index is 2.77. The Morgan fingerprint density at radius 3 is 2.25 bits per heavy atom. The molecule has 2 heterocycles. The minimum atomic E-state index is 0.576. The first kappa shape index (κ1) is 18.4. The van der Waals surface area contributed by atoms with Crippen LogP contribution in [0.2, 0.25) is 0 Å². The van der Waals surface area contributed by atoms with Crippen molar-refractivity contribution in [2.75, 3.05) is 39.3 Å². The van der Waals surface area contributed by atoms with Crippen LogP contribution < -0.4 is 0 Å². The zero-order valence-electron chi connectivity index (χ0n) is 17.1. The van der Waals surface area contributed by atoms with E-state index in [1.165, 1.54) is 76.9 Å². The summed E-state index contributed by atoms with van der Waals surface area (Å²) in [7, 11) is 0. The van der Waals surface area contributed by atoms with Crippen molar-refractivity contribution in [1.82, 2.24) is 9.80 Å². The average molecular weight is 375 g/mol. The van der Waals surface area contributed by atoms with Crippen LogP contribution in [0.1, 0.15) is 60.6 Å². The Balaban J connectivity index is 1.28. The molecule has 0 bridgehead atoms. The topological polar surface area (TPSA) is 6.48 Å². The predicted molar refractivity (Wildman–Crippen MR) is 117 cm³/mol. The zero-order chi connectivity index (χ0) is 18.8. The molecule has 2 fully saturated rings. The summed E-state index contributed by atoms with van der Waals surface area (Å²) in [6, 6.07) is 20.5. The van der Waals surface area contributed by atoms with Crippen molar-refractivity contribution in [3.05, 3.63) is 71.3 Å². The summed E-state index contributed by atoms with van der Waals surface area (Å²) in [4.78, 5) is 5.46. The van der Waals surface area contributed by atoms with Gasteiger partial charge in [-0.3, -0.25) is 0 Å². The van der Waals surface area contributed by atoms with E-state index in [0.29, 0.717) is 5.92 Å². The van der Waals surface area contributed by atoms with Gasteiger partial charge in [0.15, 0.2) is 0 Å². The fourth-order valence-electron chi connectivity index (χ4n) is 6.13. The molecule has 2 aliphatic heterocycles. The van der Waals surface area contributed by atoms with E-state index in [2.05, 4.69) is 64.4 Å². The Labute approximate surface area is 170 Å². The molecule has 0 radical (unpaired) electrons. The maximum atomic E-state index is 2.77. The average Bonchev–Trinajstić information content (AvgIpc) is 3.09. The normalized spacial score (nSPS) is 28.1. The fraction of sp³-hybridized carbons (Fsp3) is 0.538. The third-order valence-electron chi connectivity index (χ3n) is 7.46. The Morgan fingerprint density at radius 2 is 1.43 bits per heavy atom. The summed E-state index contributed by atoms with van der Waals surface area (Å²) < 4.78 is 0. The highest BCUT2D eigenvalue weighted by atomic mass is 15.2. The lowest BCUT2D eigenvalue weighted by molar-refractivity contribution is 0.141. The number of nitrogens with zero attached hydrogens (tertiary/aromatic N) is 2. The van der Waals surface area contributed by atoms with Crippen molar-refractivity contribution in [3.8, 4) is 0 Å². The van der Waals surface area contributed by atoms with Crippen molar-refractivity contribution >= 4 is 0 Å². The molecule has 148 valence electrons. The summed E-state index contributed by atoms with van der Waals surface area (Å²) >= 11 is 0. The SMILES string of the molecule is c1ccc([C@@H]2c3ccccc3[C@@H]3CCN(CCCN4CCCCC4)C[C@H]23)cc1. The molecule has 2 nitrogen and oxygen atoms in total. The third kappa shape index (κ3) is 3.65. The van der Waals surface area contributed by atoms with Crippen LogP contribution in [-0.2, 0) is 0 Å². The second kappa shape index (κ2) is 8.39. The monoisotopic (exact) mass is 374 g/mol. The van der Waals surface area contributed by atoms with Crippen molar-refractivity contribution in [1.29, 1.82) is 0 Å². The Kier molecular flexibility index (Phi) is 5.51. The molecule has 0 N–H and O–H groups in total. The molecule has 0 unspecified atom stereocenters. The molecule has 2 aromatic carbocycles. The minimum absolute atomic E-state index is 0.576. The van der Waals surface area contributed by atoms with Gasteiger partial charge in [-0.1, -0.05) is 61.0 Å². The third-order valence-corrected chi connectivity index (χ3v) is 7.46. The van der Waals surface area contributed by atoms with Gasteiger partial charge in [0.05, 0.1) is 0 Å². The van der Waals surface area contributed by atoms with Gasteiger partial charge in [0.25, 0.3) is 0 Å². The Bertz CT molecular complexity index is 765. The number of benzene rings is 2. The Morgan fingerprint density at radius 1 is 0.714 bits per heavy atom. The van der Waals surface area contributed by atoms with Gasteiger partial charge in [-0.05, 0) is 86.9 Å². The molecular formula is C26H34N2. The number of piperidine rings is 2. The number of likely N-dealkylation sites (tertiary alicyclic amines) is 2. The van der Waals surface area contributed by atoms with Crippen molar-refractivity contribution in [2.45, 2.75) is 43.9 Å². The molecule has 2 saturated heterocycles. The lowest BCUT2D eigenvalue weighted by Gasteiger charge is -2.38. The second-order valence-electron chi connectivity index (χ2n) is 9.13. The fourth-order valence-corrected chi connectivity index (χ4v) is 6.13. The summed E-state index contributed by atoms with van der Waals surface area (Å²) in [6.45, 7) is 7.77. The van der Waals surface area contributed by atoms with Crippen molar-refractivity contribution in [3.63, 3.8) is 0 Å². The minimum Gasteiger partial charge on any atom is -0.303 e. The molecule has 0 saturated carbocycles. The van der Waals surface area contributed by atoms with Crippen LogP contribution in [-0.4, -0.2) is 49.1 Å². The van der Waals surface area contributed by atoms with E-state index in [1.807, 2.05) is 0 Å². The highest BCUT2D eigenvalue weighted by Crippen LogP contribution is 2.52. The molecule has 0 aromatic heterocycles. The predicted octanol–water partition coefficient (Wildman–Crippen LogP) is 5.11. The molecule has 2 aromatic rings. The number of hydrogen-bond donors (Lipinski definition) is 0. The van der Waals surface area contributed by atoms with Gasteiger partial charge in [0.1, 0.15) is 0 Å². The first-order chi connectivity index (χ1) is 13.9. The van der Waals surface area contributed by atoms with Crippen LogP contribution in [0.3, 0.4) is 0 Å². The smallest absolute Gasteiger partial charge is 0.0138 e. The van der Waals surface area contributed by atoms with Crippen LogP contribution in [0.25, 0.3) is 0 Å². The van der Waals surface area contributed by atoms with E-state index >= 15 is 0 Å². The summed E-state index contributed by atoms with van der Waals surface area (Å²) in [6.07, 6.45) is 6.91. The largest absolute Gasteiger partial charge is 0.303 e. The van der Waals surface area contributed by atoms with Gasteiger partial charge in [-0.25, -0.2) is 0 Å². The first-order valence-electron chi connectivity index (χ1n) is 11.5. The van der Waals surface area contributed by atoms with Crippen LogP contribution in [0.4, 0.5) is 0 Å². The van der Waals surface area contributed by atoms with Crippen molar-refractivity contribution in [2.24, 2.45) is 5.92 Å². The molecule has 28 heavy (non-hydrogen) atoms. The quantitative estimate of drug-likeness (QED) is 0.717. The summed E-state index contributed by atoms with van der Waals surface area (Å²) in [5.74, 6) is 2.07. The van der Waals surface area contributed by atoms with Gasteiger partial charge >= 0.3 is 0 Å². The van der Waals surface area contributed by atoms with E-state index in [4.69, 9.17) is 0 Å². The molecule has 3 atom stereocenters. The molecule has 3 aliphatic rings. The first-order valence-corrected chi connectivity index (χ1v) is 11.5. The van der Waals surface area contributed by atoms with E-state index < -0.39 is 0 Å². The summed E-state index contributed by atoms with van der Waals surface area (Å²) in [5.41, 5.74) is 4.74. The van der Waals surface area contributed by atoms with Gasteiger partial charge in [-0.15, -0.1) is 0 Å². The van der Waals surface area contributed by atoms with Crippen LogP contribution in [0.15, 0.2) is 54.6 Å². The summed E-state index contributed by atoms with van der Waals surface area (Å²) in [5, 5.41) is 0. The molecule has 1 aliphatic carbocycles. The van der Waals surface area contributed by atoms with Gasteiger partial charge in [0, 0.05) is 12.5 Å². The second-order valence-corrected chi connectivity index (χ2v) is 9.13. The molecular weight excluding hydrogens is 340 g/mol. The molecule has 0 amide bonds. The molecule has 5 rings (SSSR count).